The van der Waals surface area contributed by atoms with Gasteiger partial charge in [0.15, 0.2) is 0 Å². The van der Waals surface area contributed by atoms with E-state index in [2.05, 4.69) is 16.9 Å². The van der Waals surface area contributed by atoms with Crippen LogP contribution in [-0.4, -0.2) is 22.0 Å². The second kappa shape index (κ2) is 5.31. The summed E-state index contributed by atoms with van der Waals surface area (Å²) in [5.74, 6) is -0.313. The lowest BCUT2D eigenvalue weighted by atomic mass is 10.5. The molecule has 0 saturated carbocycles. The van der Waals surface area contributed by atoms with Gasteiger partial charge in [-0.15, -0.1) is 0 Å². The third-order valence-electron chi connectivity index (χ3n) is 1.57. The van der Waals surface area contributed by atoms with Crippen molar-refractivity contribution in [1.29, 1.82) is 0 Å². The molecule has 0 aliphatic rings. The van der Waals surface area contributed by atoms with Crippen LogP contribution in [0.4, 0.5) is 0 Å². The predicted molar refractivity (Wildman–Crippen MR) is 56.5 cm³/mol. The molecule has 0 bridgehead atoms. The molecule has 0 saturated heterocycles. The van der Waals surface area contributed by atoms with Gasteiger partial charge in [-0.1, -0.05) is 18.2 Å². The molecule has 0 radical (unpaired) electrons. The van der Waals surface area contributed by atoms with E-state index in [1.165, 1.54) is 17.0 Å². The zero-order valence-electron chi connectivity index (χ0n) is 7.94. The van der Waals surface area contributed by atoms with Crippen LogP contribution in [0, 0.1) is 0 Å². The summed E-state index contributed by atoms with van der Waals surface area (Å²) in [5.41, 5.74) is -0.461. The van der Waals surface area contributed by atoms with Crippen molar-refractivity contribution in [2.75, 3.05) is 6.54 Å². The van der Waals surface area contributed by atoms with Crippen LogP contribution in [0.15, 0.2) is 34.9 Å². The maximum absolute atomic E-state index is 11.3. The standard InChI is InChI=1S/C9H10ClN3O2/c1-7(10)5-12-8(14)6-13-4-2-3-11-9(13)15/h2-4H,1,5-6H2,(H,12,14). The Balaban J connectivity index is 2.56. The molecule has 0 spiro atoms. The number of hydrogen-bond donors (Lipinski definition) is 1. The summed E-state index contributed by atoms with van der Waals surface area (Å²) >= 11 is 5.47. The van der Waals surface area contributed by atoms with Crippen LogP contribution >= 0.6 is 11.6 Å². The summed E-state index contributed by atoms with van der Waals surface area (Å²) in [5, 5.41) is 2.83. The highest BCUT2D eigenvalue weighted by atomic mass is 35.5. The quantitative estimate of drug-likeness (QED) is 0.794. The van der Waals surface area contributed by atoms with E-state index in [4.69, 9.17) is 11.6 Å². The molecule has 1 aromatic heterocycles. The van der Waals surface area contributed by atoms with Crippen molar-refractivity contribution in [1.82, 2.24) is 14.9 Å². The smallest absolute Gasteiger partial charge is 0.347 e. The molecule has 1 heterocycles. The average molecular weight is 228 g/mol. The van der Waals surface area contributed by atoms with Gasteiger partial charge < -0.3 is 5.32 Å². The summed E-state index contributed by atoms with van der Waals surface area (Å²) in [6.45, 7) is 3.54. The Labute approximate surface area is 91.4 Å². The Kier molecular flexibility index (Phi) is 4.05. The van der Waals surface area contributed by atoms with Crippen LogP contribution in [0.3, 0.4) is 0 Å². The van der Waals surface area contributed by atoms with Crippen LogP contribution in [-0.2, 0) is 11.3 Å². The van der Waals surface area contributed by atoms with Crippen LogP contribution in [0.25, 0.3) is 0 Å². The minimum Gasteiger partial charge on any atom is -0.350 e. The van der Waals surface area contributed by atoms with E-state index in [0.717, 1.165) is 0 Å². The minimum atomic E-state index is -0.461. The van der Waals surface area contributed by atoms with Crippen molar-refractivity contribution in [3.8, 4) is 0 Å². The first-order valence-electron chi connectivity index (χ1n) is 4.21. The Morgan fingerprint density at radius 1 is 1.67 bits per heavy atom. The third kappa shape index (κ3) is 3.95. The molecule has 0 aliphatic heterocycles. The third-order valence-corrected chi connectivity index (χ3v) is 1.71. The van der Waals surface area contributed by atoms with Crippen LogP contribution < -0.4 is 11.0 Å². The summed E-state index contributed by atoms with van der Waals surface area (Å²) < 4.78 is 1.20. The Morgan fingerprint density at radius 3 is 3.00 bits per heavy atom. The highest BCUT2D eigenvalue weighted by Crippen LogP contribution is 1.92. The van der Waals surface area contributed by atoms with Crippen molar-refractivity contribution in [3.05, 3.63) is 40.6 Å². The Hall–Kier alpha value is -1.62. The molecule has 15 heavy (non-hydrogen) atoms. The first kappa shape index (κ1) is 11.5. The zero-order valence-corrected chi connectivity index (χ0v) is 8.70. The maximum atomic E-state index is 11.3. The van der Waals surface area contributed by atoms with Crippen molar-refractivity contribution in [3.63, 3.8) is 0 Å². The molecule has 0 fully saturated rings. The zero-order chi connectivity index (χ0) is 11.3. The Morgan fingerprint density at radius 2 is 2.40 bits per heavy atom. The molecule has 0 aliphatic carbocycles. The summed E-state index contributed by atoms with van der Waals surface area (Å²) in [4.78, 5) is 25.9. The van der Waals surface area contributed by atoms with Gasteiger partial charge in [0.2, 0.25) is 5.91 Å². The summed E-state index contributed by atoms with van der Waals surface area (Å²) in [7, 11) is 0. The minimum absolute atomic E-state index is 0.0726. The van der Waals surface area contributed by atoms with Gasteiger partial charge >= 0.3 is 5.69 Å². The van der Waals surface area contributed by atoms with Crippen LogP contribution in [0.2, 0.25) is 0 Å². The summed E-state index contributed by atoms with van der Waals surface area (Å²) in [6, 6.07) is 1.58. The van der Waals surface area contributed by atoms with Gasteiger partial charge in [0.1, 0.15) is 6.54 Å². The van der Waals surface area contributed by atoms with E-state index >= 15 is 0 Å². The van der Waals surface area contributed by atoms with E-state index in [1.807, 2.05) is 0 Å². The van der Waals surface area contributed by atoms with Gasteiger partial charge in [0, 0.05) is 17.4 Å². The molecule has 5 nitrogen and oxygen atoms in total. The SMILES string of the molecule is C=C(Cl)CNC(=O)Cn1cccnc1=O. The highest BCUT2D eigenvalue weighted by Gasteiger charge is 2.03. The number of nitrogens with zero attached hydrogens (tertiary/aromatic N) is 2. The van der Waals surface area contributed by atoms with Gasteiger partial charge in [-0.25, -0.2) is 9.78 Å². The van der Waals surface area contributed by atoms with E-state index in [1.54, 1.807) is 6.07 Å². The highest BCUT2D eigenvalue weighted by molar-refractivity contribution is 6.29. The largest absolute Gasteiger partial charge is 0.350 e. The fourth-order valence-electron chi connectivity index (χ4n) is 0.913. The van der Waals surface area contributed by atoms with E-state index in [0.29, 0.717) is 5.03 Å². The molecule has 6 heteroatoms. The van der Waals surface area contributed by atoms with E-state index in [-0.39, 0.29) is 19.0 Å². The van der Waals surface area contributed by atoms with Crippen LogP contribution in [0.5, 0.6) is 0 Å². The molecule has 1 amide bonds. The number of nitrogens with one attached hydrogen (secondary N) is 1. The number of carbonyl (C=O) groups is 1. The van der Waals surface area contributed by atoms with Gasteiger partial charge in [-0.05, 0) is 6.07 Å². The number of amides is 1. The topological polar surface area (TPSA) is 64.0 Å². The van der Waals surface area contributed by atoms with Crippen LogP contribution in [0.1, 0.15) is 0 Å². The lowest BCUT2D eigenvalue weighted by molar-refractivity contribution is -0.121. The molecule has 1 rings (SSSR count). The fraction of sp³-hybridized carbons (Fsp3) is 0.222. The van der Waals surface area contributed by atoms with E-state index < -0.39 is 5.69 Å². The second-order valence-electron chi connectivity index (χ2n) is 2.82. The number of carbonyl (C=O) groups excluding carboxylic acids is 1. The molecule has 80 valence electrons. The fourth-order valence-corrected chi connectivity index (χ4v) is 0.979. The molecule has 0 aromatic carbocycles. The van der Waals surface area contributed by atoms with E-state index in [9.17, 15) is 9.59 Å². The van der Waals surface area contributed by atoms with Gasteiger partial charge in [0.05, 0.1) is 6.54 Å². The molecule has 1 N–H and O–H groups in total. The summed E-state index contributed by atoms with van der Waals surface area (Å²) in [6.07, 6.45) is 2.86. The average Bonchev–Trinajstić information content (AvgIpc) is 2.18. The van der Waals surface area contributed by atoms with Gasteiger partial charge in [-0.2, -0.15) is 0 Å². The van der Waals surface area contributed by atoms with Gasteiger partial charge in [-0.3, -0.25) is 9.36 Å². The number of hydrogen-bond acceptors (Lipinski definition) is 3. The molecule has 0 atom stereocenters. The number of rotatable bonds is 4. The maximum Gasteiger partial charge on any atom is 0.347 e. The molecular weight excluding hydrogens is 218 g/mol. The normalized spacial score (nSPS) is 9.67. The van der Waals surface area contributed by atoms with Crippen molar-refractivity contribution < 1.29 is 4.79 Å². The number of halogens is 1. The molecule has 1 aromatic rings. The number of aromatic nitrogens is 2. The molecule has 0 unspecified atom stereocenters. The molecular formula is C9H10ClN3O2. The monoisotopic (exact) mass is 227 g/mol. The second-order valence-corrected chi connectivity index (χ2v) is 3.36. The lowest BCUT2D eigenvalue weighted by Crippen LogP contribution is -2.33. The van der Waals surface area contributed by atoms with Crippen molar-refractivity contribution in [2.45, 2.75) is 6.54 Å². The predicted octanol–water partition coefficient (Wildman–Crippen LogP) is 0.112. The van der Waals surface area contributed by atoms with Crippen molar-refractivity contribution >= 4 is 17.5 Å². The Bertz CT molecular complexity index is 427. The van der Waals surface area contributed by atoms with Gasteiger partial charge in [0.25, 0.3) is 0 Å². The lowest BCUT2D eigenvalue weighted by Gasteiger charge is -2.05. The first-order valence-corrected chi connectivity index (χ1v) is 4.59. The first-order chi connectivity index (χ1) is 7.09. The van der Waals surface area contributed by atoms with Crippen molar-refractivity contribution in [2.24, 2.45) is 0 Å².